The van der Waals surface area contributed by atoms with E-state index in [1.54, 1.807) is 6.20 Å². The molecule has 0 spiro atoms. The van der Waals surface area contributed by atoms with Gasteiger partial charge in [-0.3, -0.25) is 4.79 Å². The maximum Gasteiger partial charge on any atom is 0.416 e. The maximum absolute atomic E-state index is 12.9. The molecular formula is C24H30F3N3O2. The summed E-state index contributed by atoms with van der Waals surface area (Å²) in [4.78, 5) is 17.2. The Morgan fingerprint density at radius 3 is 2.59 bits per heavy atom. The highest BCUT2D eigenvalue weighted by Crippen LogP contribution is 2.44. The van der Waals surface area contributed by atoms with E-state index < -0.39 is 11.7 Å². The number of hydrogen-bond acceptors (Lipinski definition) is 3. The number of nitrogens with one attached hydrogen (secondary N) is 1. The lowest BCUT2D eigenvalue weighted by Gasteiger charge is -2.43. The van der Waals surface area contributed by atoms with Gasteiger partial charge < -0.3 is 14.6 Å². The standard InChI is InChI=1S/C24H30F3N3O2/c1-15(22-28-12-13-30(22)2)29-23(31)17-6-11-20-16(14-17)4-3-5-21(20)32-19-9-7-18(8-10-19)24(25,26)27/h7-10,12-13,15-17,20-21H,3-6,11,14H2,1-2H3,(H,29,31). The van der Waals surface area contributed by atoms with E-state index in [0.717, 1.165) is 56.5 Å². The molecule has 5 atom stereocenters. The van der Waals surface area contributed by atoms with Crippen LogP contribution in [0.25, 0.3) is 0 Å². The summed E-state index contributed by atoms with van der Waals surface area (Å²) in [6, 6.07) is 4.80. The summed E-state index contributed by atoms with van der Waals surface area (Å²) in [5, 5.41) is 3.11. The third kappa shape index (κ3) is 4.94. The number of amides is 1. The van der Waals surface area contributed by atoms with Crippen LogP contribution in [0.4, 0.5) is 13.2 Å². The average Bonchev–Trinajstić information content (AvgIpc) is 3.19. The zero-order chi connectivity index (χ0) is 22.9. The fourth-order valence-electron chi connectivity index (χ4n) is 5.38. The van der Waals surface area contributed by atoms with Crippen LogP contribution in [-0.4, -0.2) is 21.6 Å². The van der Waals surface area contributed by atoms with Gasteiger partial charge in [-0.25, -0.2) is 4.98 Å². The summed E-state index contributed by atoms with van der Waals surface area (Å²) < 4.78 is 46.5. The Labute approximate surface area is 186 Å². The molecule has 5 nitrogen and oxygen atoms in total. The second-order valence-electron chi connectivity index (χ2n) is 9.17. The first kappa shape index (κ1) is 22.7. The van der Waals surface area contributed by atoms with Crippen LogP contribution in [0.15, 0.2) is 36.7 Å². The molecule has 1 N–H and O–H groups in total. The number of carbonyl (C=O) groups is 1. The Hall–Kier alpha value is -2.51. The number of aromatic nitrogens is 2. The zero-order valence-corrected chi connectivity index (χ0v) is 18.4. The molecule has 174 valence electrons. The molecule has 1 aromatic heterocycles. The quantitative estimate of drug-likeness (QED) is 0.676. The summed E-state index contributed by atoms with van der Waals surface area (Å²) in [5.41, 5.74) is -0.669. The lowest BCUT2D eigenvalue weighted by Crippen LogP contribution is -2.44. The number of halogens is 3. The monoisotopic (exact) mass is 449 g/mol. The van der Waals surface area contributed by atoms with Crippen LogP contribution in [0.2, 0.25) is 0 Å². The predicted octanol–water partition coefficient (Wildman–Crippen LogP) is 5.28. The Kier molecular flexibility index (Phi) is 6.49. The normalized spacial score (nSPS) is 26.8. The van der Waals surface area contributed by atoms with Crippen molar-refractivity contribution in [2.24, 2.45) is 24.8 Å². The van der Waals surface area contributed by atoms with E-state index in [2.05, 4.69) is 10.3 Å². The van der Waals surface area contributed by atoms with Gasteiger partial charge in [0.25, 0.3) is 0 Å². The number of fused-ring (bicyclic) bond motifs is 1. The molecule has 2 aliphatic carbocycles. The molecule has 1 aromatic carbocycles. The van der Waals surface area contributed by atoms with E-state index in [9.17, 15) is 18.0 Å². The summed E-state index contributed by atoms with van der Waals surface area (Å²) in [6.07, 6.45) is 4.72. The molecule has 4 rings (SSSR count). The number of carbonyl (C=O) groups excluding carboxylic acids is 1. The van der Waals surface area contributed by atoms with Crippen molar-refractivity contribution in [2.75, 3.05) is 0 Å². The number of hydrogen-bond donors (Lipinski definition) is 1. The van der Waals surface area contributed by atoms with Crippen molar-refractivity contribution in [3.63, 3.8) is 0 Å². The van der Waals surface area contributed by atoms with Gasteiger partial charge in [0, 0.05) is 25.4 Å². The highest BCUT2D eigenvalue weighted by atomic mass is 19.4. The number of imidazole rings is 1. The van der Waals surface area contributed by atoms with Crippen LogP contribution in [0, 0.1) is 17.8 Å². The average molecular weight is 450 g/mol. The van der Waals surface area contributed by atoms with Crippen molar-refractivity contribution >= 4 is 5.91 Å². The van der Waals surface area contributed by atoms with Crippen molar-refractivity contribution in [3.05, 3.63) is 48.0 Å². The summed E-state index contributed by atoms with van der Waals surface area (Å²) >= 11 is 0. The van der Waals surface area contributed by atoms with E-state index in [1.165, 1.54) is 12.1 Å². The summed E-state index contributed by atoms with van der Waals surface area (Å²) in [7, 11) is 1.91. The molecule has 0 aliphatic heterocycles. The molecule has 0 saturated heterocycles. The number of rotatable bonds is 5. The molecule has 1 heterocycles. The van der Waals surface area contributed by atoms with Crippen LogP contribution in [0.3, 0.4) is 0 Å². The topological polar surface area (TPSA) is 56.1 Å². The van der Waals surface area contributed by atoms with Gasteiger partial charge >= 0.3 is 6.18 Å². The van der Waals surface area contributed by atoms with Crippen LogP contribution < -0.4 is 10.1 Å². The van der Waals surface area contributed by atoms with E-state index in [0.29, 0.717) is 17.6 Å². The zero-order valence-electron chi connectivity index (χ0n) is 18.4. The van der Waals surface area contributed by atoms with Crippen LogP contribution >= 0.6 is 0 Å². The van der Waals surface area contributed by atoms with Crippen molar-refractivity contribution in [3.8, 4) is 5.75 Å². The van der Waals surface area contributed by atoms with Gasteiger partial charge in [0.05, 0.1) is 11.6 Å². The first-order valence-corrected chi connectivity index (χ1v) is 11.3. The molecule has 0 radical (unpaired) electrons. The molecule has 2 aromatic rings. The fraction of sp³-hybridized carbons (Fsp3) is 0.583. The van der Waals surface area contributed by atoms with Crippen molar-refractivity contribution in [2.45, 2.75) is 63.8 Å². The first-order valence-electron chi connectivity index (χ1n) is 11.3. The van der Waals surface area contributed by atoms with Gasteiger partial charge in [0.2, 0.25) is 5.91 Å². The second-order valence-corrected chi connectivity index (χ2v) is 9.17. The van der Waals surface area contributed by atoms with Crippen LogP contribution in [-0.2, 0) is 18.0 Å². The molecule has 2 aliphatic rings. The van der Waals surface area contributed by atoms with Gasteiger partial charge in [0.1, 0.15) is 17.7 Å². The Morgan fingerprint density at radius 2 is 1.94 bits per heavy atom. The molecule has 2 saturated carbocycles. The lowest BCUT2D eigenvalue weighted by molar-refractivity contribution is -0.137. The van der Waals surface area contributed by atoms with Gasteiger partial charge in [-0.2, -0.15) is 13.2 Å². The summed E-state index contributed by atoms with van der Waals surface area (Å²) in [6.45, 7) is 1.94. The molecule has 5 unspecified atom stereocenters. The van der Waals surface area contributed by atoms with E-state index in [1.807, 2.05) is 24.7 Å². The number of ether oxygens (including phenoxy) is 1. The molecule has 2 fully saturated rings. The van der Waals surface area contributed by atoms with E-state index >= 15 is 0 Å². The van der Waals surface area contributed by atoms with Crippen LogP contribution in [0.5, 0.6) is 5.75 Å². The minimum atomic E-state index is -4.35. The number of alkyl halides is 3. The second kappa shape index (κ2) is 9.16. The van der Waals surface area contributed by atoms with Crippen molar-refractivity contribution < 1.29 is 22.7 Å². The van der Waals surface area contributed by atoms with Crippen molar-refractivity contribution in [1.29, 1.82) is 0 Å². The third-order valence-electron chi connectivity index (χ3n) is 7.03. The SMILES string of the molecule is CC(NC(=O)C1CCC2C(CCCC2Oc2ccc(C(F)(F)F)cc2)C1)c1nccn1C. The predicted molar refractivity (Wildman–Crippen MR) is 114 cm³/mol. The molecule has 0 bridgehead atoms. The van der Waals surface area contributed by atoms with Gasteiger partial charge in [0.15, 0.2) is 0 Å². The highest BCUT2D eigenvalue weighted by molar-refractivity contribution is 5.79. The van der Waals surface area contributed by atoms with E-state index in [4.69, 9.17) is 4.74 Å². The Morgan fingerprint density at radius 1 is 1.19 bits per heavy atom. The maximum atomic E-state index is 12.9. The summed E-state index contributed by atoms with van der Waals surface area (Å²) in [5.74, 6) is 2.09. The van der Waals surface area contributed by atoms with E-state index in [-0.39, 0.29) is 24.0 Å². The number of benzene rings is 1. The van der Waals surface area contributed by atoms with Crippen molar-refractivity contribution in [1.82, 2.24) is 14.9 Å². The smallest absolute Gasteiger partial charge is 0.416 e. The first-order chi connectivity index (χ1) is 15.2. The van der Waals surface area contributed by atoms with Gasteiger partial charge in [-0.05, 0) is 81.5 Å². The van der Waals surface area contributed by atoms with Gasteiger partial charge in [-0.1, -0.05) is 0 Å². The fourth-order valence-corrected chi connectivity index (χ4v) is 5.38. The minimum absolute atomic E-state index is 0.0130. The third-order valence-corrected chi connectivity index (χ3v) is 7.03. The Bertz CT molecular complexity index is 925. The molecule has 32 heavy (non-hydrogen) atoms. The number of nitrogens with zero attached hydrogens (tertiary/aromatic N) is 2. The minimum Gasteiger partial charge on any atom is -0.490 e. The lowest BCUT2D eigenvalue weighted by atomic mass is 9.66. The largest absolute Gasteiger partial charge is 0.490 e. The highest BCUT2D eigenvalue weighted by Gasteiger charge is 2.41. The number of aryl methyl sites for hydroxylation is 1. The molecular weight excluding hydrogens is 419 g/mol. The molecule has 8 heteroatoms. The van der Waals surface area contributed by atoms with Gasteiger partial charge in [-0.15, -0.1) is 0 Å². The molecule has 1 amide bonds. The Balaban J connectivity index is 1.34. The van der Waals surface area contributed by atoms with Crippen LogP contribution in [0.1, 0.15) is 62.9 Å².